The smallest absolute Gasteiger partial charge is 0.333 e. The maximum absolute atomic E-state index is 11.5. The Bertz CT molecular complexity index is 914. The van der Waals surface area contributed by atoms with Crippen LogP contribution in [0.15, 0.2) is 28.7 Å². The minimum Gasteiger partial charge on any atom is -0.500 e. The minimum absolute atomic E-state index is 0.182. The molecule has 0 bridgehead atoms. The Labute approximate surface area is 178 Å². The second kappa shape index (κ2) is 9.17. The molecule has 1 saturated heterocycles. The lowest BCUT2D eigenvalue weighted by Gasteiger charge is -2.21. The van der Waals surface area contributed by atoms with Gasteiger partial charge in [0.15, 0.2) is 0 Å². The van der Waals surface area contributed by atoms with E-state index >= 15 is 0 Å². The Morgan fingerprint density at radius 1 is 1.24 bits per heavy atom. The minimum atomic E-state index is -0.468. The summed E-state index contributed by atoms with van der Waals surface area (Å²) in [7, 11) is 4.46. The molecule has 0 unspecified atom stereocenters. The van der Waals surface area contributed by atoms with Crippen LogP contribution in [0.1, 0.15) is 24.5 Å². The van der Waals surface area contributed by atoms with Crippen LogP contribution in [0.3, 0.4) is 0 Å². The van der Waals surface area contributed by atoms with Crippen LogP contribution in [0.2, 0.25) is 0 Å². The molecule has 0 amide bonds. The van der Waals surface area contributed by atoms with Gasteiger partial charge in [0.05, 0.1) is 38.7 Å². The molecule has 0 spiro atoms. The number of rotatable bonds is 9. The molecule has 3 atom stereocenters. The largest absolute Gasteiger partial charge is 0.500 e. The molecule has 29 heavy (non-hydrogen) atoms. The first-order valence-corrected chi connectivity index (χ1v) is 10.8. The van der Waals surface area contributed by atoms with Gasteiger partial charge < -0.3 is 18.9 Å². The van der Waals surface area contributed by atoms with E-state index in [0.717, 1.165) is 28.0 Å². The molecule has 0 aromatic carbocycles. The lowest BCUT2D eigenvalue weighted by Crippen LogP contribution is -2.21. The molecule has 7 nitrogen and oxygen atoms in total. The summed E-state index contributed by atoms with van der Waals surface area (Å²) < 4.78 is 21.0. The first kappa shape index (κ1) is 21.6. The highest BCUT2D eigenvalue weighted by Gasteiger charge is 2.44. The standard InChI is InChI=1S/C20H24N2O5S2/c1-12(16(25-4)8-17(23)26-5)15(24-3)7-6-13-9-28-18(21-13)14-10-29-19(22-14)20(2)11-27-20/h6-10,12,15H,11H2,1-5H3/t12-,15+,20-/m1/s1. The fourth-order valence-corrected chi connectivity index (χ4v) is 4.41. The van der Waals surface area contributed by atoms with Crippen molar-refractivity contribution in [2.24, 2.45) is 5.92 Å². The monoisotopic (exact) mass is 436 g/mol. The summed E-state index contributed by atoms with van der Waals surface area (Å²) in [6, 6.07) is 0. The predicted octanol–water partition coefficient (Wildman–Crippen LogP) is 3.88. The van der Waals surface area contributed by atoms with Gasteiger partial charge in [0, 0.05) is 23.8 Å². The molecule has 1 fully saturated rings. The highest BCUT2D eigenvalue weighted by Crippen LogP contribution is 2.41. The second-order valence-corrected chi connectivity index (χ2v) is 8.47. The van der Waals surface area contributed by atoms with Gasteiger partial charge >= 0.3 is 5.97 Å². The summed E-state index contributed by atoms with van der Waals surface area (Å²) in [6.07, 6.45) is 4.83. The van der Waals surface area contributed by atoms with Gasteiger partial charge in [-0.05, 0) is 13.0 Å². The molecule has 0 N–H and O–H groups in total. The SMILES string of the molecule is COC(=O)C=C(OC)[C@H](C)[C@H](C=Cc1csc(-c2csc([C@@]3(C)CO3)n2)n1)OC. The number of esters is 1. The second-order valence-electron chi connectivity index (χ2n) is 6.76. The first-order chi connectivity index (χ1) is 13.9. The van der Waals surface area contributed by atoms with Gasteiger partial charge in [-0.25, -0.2) is 14.8 Å². The molecule has 156 valence electrons. The molecular formula is C20H24N2O5S2. The van der Waals surface area contributed by atoms with Gasteiger partial charge in [-0.1, -0.05) is 13.0 Å². The maximum atomic E-state index is 11.5. The van der Waals surface area contributed by atoms with Crippen molar-refractivity contribution < 1.29 is 23.7 Å². The molecular weight excluding hydrogens is 412 g/mol. The van der Waals surface area contributed by atoms with Crippen LogP contribution in [-0.4, -0.2) is 50.0 Å². The lowest BCUT2D eigenvalue weighted by molar-refractivity contribution is -0.135. The fourth-order valence-electron chi connectivity index (χ4n) is 2.68. The van der Waals surface area contributed by atoms with Crippen molar-refractivity contribution in [2.45, 2.75) is 25.6 Å². The quantitative estimate of drug-likeness (QED) is 0.255. The lowest BCUT2D eigenvalue weighted by atomic mass is 10.0. The molecule has 2 aromatic heterocycles. The molecule has 0 radical (unpaired) electrons. The molecule has 1 aliphatic heterocycles. The van der Waals surface area contributed by atoms with Gasteiger partial charge in [-0.15, -0.1) is 22.7 Å². The van der Waals surface area contributed by atoms with E-state index in [9.17, 15) is 4.79 Å². The number of carbonyl (C=O) groups is 1. The molecule has 2 aromatic rings. The molecule has 0 saturated carbocycles. The zero-order valence-corrected chi connectivity index (χ0v) is 18.6. The Balaban J connectivity index is 1.70. The number of carbonyl (C=O) groups excluding carboxylic acids is 1. The molecule has 0 aliphatic carbocycles. The molecule has 1 aliphatic rings. The van der Waals surface area contributed by atoms with Crippen molar-refractivity contribution in [3.8, 4) is 10.7 Å². The first-order valence-electron chi connectivity index (χ1n) is 9.00. The summed E-state index contributed by atoms with van der Waals surface area (Å²) >= 11 is 3.14. The zero-order valence-electron chi connectivity index (χ0n) is 17.0. The number of nitrogens with zero attached hydrogens (tertiary/aromatic N) is 2. The third-order valence-corrected chi connectivity index (χ3v) is 6.61. The molecule has 3 rings (SSSR count). The highest BCUT2D eigenvalue weighted by molar-refractivity contribution is 7.14. The normalized spacial score (nSPS) is 21.2. The van der Waals surface area contributed by atoms with E-state index in [2.05, 4.69) is 14.7 Å². The third-order valence-electron chi connectivity index (χ3n) is 4.64. The van der Waals surface area contributed by atoms with Crippen molar-refractivity contribution in [3.63, 3.8) is 0 Å². The summed E-state index contributed by atoms with van der Waals surface area (Å²) in [4.78, 5) is 20.8. The van der Waals surface area contributed by atoms with Crippen molar-refractivity contribution in [1.82, 2.24) is 9.97 Å². The van der Waals surface area contributed by atoms with Crippen molar-refractivity contribution in [3.05, 3.63) is 39.4 Å². The number of hydrogen-bond acceptors (Lipinski definition) is 9. The average molecular weight is 437 g/mol. The van der Waals surface area contributed by atoms with Gasteiger partial charge in [0.25, 0.3) is 0 Å². The van der Waals surface area contributed by atoms with E-state index in [1.807, 2.05) is 36.8 Å². The van der Waals surface area contributed by atoms with Crippen molar-refractivity contribution >= 4 is 34.7 Å². The summed E-state index contributed by atoms with van der Waals surface area (Å²) in [5.74, 6) is -0.165. The maximum Gasteiger partial charge on any atom is 0.333 e. The number of ether oxygens (including phenoxy) is 4. The Kier molecular flexibility index (Phi) is 6.84. The van der Waals surface area contributed by atoms with Crippen LogP contribution >= 0.6 is 22.7 Å². The number of methoxy groups -OCH3 is 3. The van der Waals surface area contributed by atoms with Gasteiger partial charge in [-0.3, -0.25) is 0 Å². The van der Waals surface area contributed by atoms with Crippen LogP contribution in [0, 0.1) is 5.92 Å². The number of epoxide rings is 1. The molecule has 3 heterocycles. The van der Waals surface area contributed by atoms with E-state index in [1.165, 1.54) is 31.6 Å². The van der Waals surface area contributed by atoms with Crippen LogP contribution < -0.4 is 0 Å². The van der Waals surface area contributed by atoms with E-state index in [0.29, 0.717) is 5.76 Å². The number of thiazole rings is 2. The zero-order chi connectivity index (χ0) is 21.0. The van der Waals surface area contributed by atoms with Crippen molar-refractivity contribution in [2.75, 3.05) is 27.9 Å². The Hall–Kier alpha value is -2.07. The third kappa shape index (κ3) is 5.11. The number of hydrogen-bond donors (Lipinski definition) is 0. The van der Waals surface area contributed by atoms with Gasteiger partial charge in [-0.2, -0.15) is 0 Å². The van der Waals surface area contributed by atoms with Crippen LogP contribution in [0.4, 0.5) is 0 Å². The van der Waals surface area contributed by atoms with E-state index in [4.69, 9.17) is 14.2 Å². The van der Waals surface area contributed by atoms with Crippen LogP contribution in [0.5, 0.6) is 0 Å². The van der Waals surface area contributed by atoms with Crippen LogP contribution in [-0.2, 0) is 29.3 Å². The number of aromatic nitrogens is 2. The summed E-state index contributed by atoms with van der Waals surface area (Å²) in [5.41, 5.74) is 1.46. The van der Waals surface area contributed by atoms with Gasteiger partial charge in [0.2, 0.25) is 0 Å². The summed E-state index contributed by atoms with van der Waals surface area (Å²) in [5, 5.41) is 5.83. The topological polar surface area (TPSA) is 83.1 Å². The van der Waals surface area contributed by atoms with Crippen molar-refractivity contribution in [1.29, 1.82) is 0 Å². The fraction of sp³-hybridized carbons (Fsp3) is 0.450. The molecule has 9 heteroatoms. The highest BCUT2D eigenvalue weighted by atomic mass is 32.1. The Morgan fingerprint density at radius 2 is 2.00 bits per heavy atom. The van der Waals surface area contributed by atoms with E-state index in [1.54, 1.807) is 18.4 Å². The Morgan fingerprint density at radius 3 is 2.62 bits per heavy atom. The predicted molar refractivity (Wildman–Crippen MR) is 113 cm³/mol. The summed E-state index contributed by atoms with van der Waals surface area (Å²) in [6.45, 7) is 4.68. The van der Waals surface area contributed by atoms with E-state index < -0.39 is 5.97 Å². The van der Waals surface area contributed by atoms with Gasteiger partial charge in [0.1, 0.15) is 27.1 Å². The van der Waals surface area contributed by atoms with Crippen LogP contribution in [0.25, 0.3) is 16.8 Å². The average Bonchev–Trinajstić information content (AvgIpc) is 3.14. The van der Waals surface area contributed by atoms with E-state index in [-0.39, 0.29) is 17.6 Å².